The Morgan fingerprint density at radius 3 is 2.28 bits per heavy atom. The first kappa shape index (κ1) is 27.8. The molecule has 9 nitrogen and oxygen atoms in total. The summed E-state index contributed by atoms with van der Waals surface area (Å²) in [6, 6.07) is 27.1. The number of fused-ring (bicyclic) bond motifs is 1. The Morgan fingerprint density at radius 1 is 0.949 bits per heavy atom. The third-order valence-electron chi connectivity index (χ3n) is 6.71. The molecule has 204 valence electrons. The number of nitrogens with one attached hydrogen (secondary N) is 1. The summed E-state index contributed by atoms with van der Waals surface area (Å²) in [4.78, 5) is 18.8. The lowest BCUT2D eigenvalue weighted by Crippen LogP contribution is -2.49. The number of amidine groups is 1. The quantitative estimate of drug-likeness (QED) is 0.111. The molecule has 1 heterocycles. The maximum atomic E-state index is 13.6. The van der Waals surface area contributed by atoms with Crippen LogP contribution in [-0.2, 0) is 17.7 Å². The molecule has 1 atom stereocenters. The molecular formula is C30H36N6O3. The lowest BCUT2D eigenvalue weighted by Gasteiger charge is -2.35. The van der Waals surface area contributed by atoms with Crippen molar-refractivity contribution in [3.63, 3.8) is 0 Å². The summed E-state index contributed by atoms with van der Waals surface area (Å²) in [5.74, 6) is 13.5. The Hall–Kier alpha value is -4.18. The first-order valence-electron chi connectivity index (χ1n) is 12.9. The van der Waals surface area contributed by atoms with Gasteiger partial charge in [0, 0.05) is 36.7 Å². The van der Waals surface area contributed by atoms with Gasteiger partial charge in [-0.15, -0.1) is 0 Å². The second-order valence-corrected chi connectivity index (χ2v) is 9.27. The molecule has 9 heteroatoms. The van der Waals surface area contributed by atoms with E-state index in [0.717, 1.165) is 17.4 Å². The van der Waals surface area contributed by atoms with Gasteiger partial charge in [-0.1, -0.05) is 60.7 Å². The van der Waals surface area contributed by atoms with Crippen molar-refractivity contribution in [2.24, 2.45) is 16.8 Å². The SMILES string of the molecule is COCCN(N)/C(=N\N)C(c1cc2cc(OC)ccc2[nH]c1=O)N(CCc1ccccc1)Cc1ccccc1. The van der Waals surface area contributed by atoms with E-state index in [4.69, 9.17) is 21.2 Å². The Morgan fingerprint density at radius 2 is 1.64 bits per heavy atom. The summed E-state index contributed by atoms with van der Waals surface area (Å²) in [7, 11) is 3.22. The predicted molar refractivity (Wildman–Crippen MR) is 155 cm³/mol. The highest BCUT2D eigenvalue weighted by molar-refractivity contribution is 5.89. The van der Waals surface area contributed by atoms with Gasteiger partial charge in [-0.3, -0.25) is 14.7 Å². The van der Waals surface area contributed by atoms with Gasteiger partial charge in [0.25, 0.3) is 5.56 Å². The number of ether oxygens (including phenoxy) is 2. The van der Waals surface area contributed by atoms with Crippen molar-refractivity contribution in [3.05, 3.63) is 112 Å². The van der Waals surface area contributed by atoms with E-state index in [1.165, 1.54) is 10.6 Å². The van der Waals surface area contributed by atoms with Crippen molar-refractivity contribution in [1.29, 1.82) is 0 Å². The molecule has 4 rings (SSSR count). The van der Waals surface area contributed by atoms with Gasteiger partial charge in [-0.25, -0.2) is 5.84 Å². The molecule has 0 saturated heterocycles. The molecule has 1 aromatic heterocycles. The molecule has 1 unspecified atom stereocenters. The number of aromatic amines is 1. The summed E-state index contributed by atoms with van der Waals surface area (Å²) < 4.78 is 10.7. The number of H-pyrrole nitrogens is 1. The van der Waals surface area contributed by atoms with Crippen LogP contribution in [0.15, 0.2) is 94.8 Å². The standard InChI is InChI=1S/C30H36N6O3/c1-38-18-17-36(32)29(34-31)28(26-20-24-19-25(39-2)13-14-27(24)33-30(26)37)35(21-23-11-7-4-8-12-23)16-15-22-9-5-3-6-10-22/h3-14,19-20,28H,15-18,21,31-32H2,1-2H3,(H,33,37)/b34-29-. The zero-order chi connectivity index (χ0) is 27.6. The summed E-state index contributed by atoms with van der Waals surface area (Å²) in [5.41, 5.74) is 3.22. The van der Waals surface area contributed by atoms with Crippen molar-refractivity contribution in [2.75, 3.05) is 33.9 Å². The molecule has 5 N–H and O–H groups in total. The highest BCUT2D eigenvalue weighted by Gasteiger charge is 2.31. The van der Waals surface area contributed by atoms with Crippen LogP contribution >= 0.6 is 0 Å². The van der Waals surface area contributed by atoms with Crippen LogP contribution in [0.5, 0.6) is 5.75 Å². The first-order chi connectivity index (χ1) is 19.0. The van der Waals surface area contributed by atoms with Crippen molar-refractivity contribution in [3.8, 4) is 5.75 Å². The van der Waals surface area contributed by atoms with Crippen LogP contribution < -0.4 is 22.0 Å². The molecule has 0 amide bonds. The van der Waals surface area contributed by atoms with Crippen molar-refractivity contribution in [1.82, 2.24) is 14.9 Å². The number of aromatic nitrogens is 1. The summed E-state index contributed by atoms with van der Waals surface area (Å²) in [5, 5.41) is 6.42. The normalized spacial score (nSPS) is 12.6. The Labute approximate surface area is 228 Å². The van der Waals surface area contributed by atoms with E-state index in [1.807, 2.05) is 60.7 Å². The van der Waals surface area contributed by atoms with Crippen LogP contribution in [0.4, 0.5) is 0 Å². The average molecular weight is 529 g/mol. The monoisotopic (exact) mass is 528 g/mol. The van der Waals surface area contributed by atoms with Crippen LogP contribution in [-0.4, -0.2) is 54.6 Å². The van der Waals surface area contributed by atoms with Crippen molar-refractivity contribution in [2.45, 2.75) is 19.0 Å². The van der Waals surface area contributed by atoms with E-state index >= 15 is 0 Å². The largest absolute Gasteiger partial charge is 0.497 e. The van der Waals surface area contributed by atoms with E-state index in [1.54, 1.807) is 14.2 Å². The Kier molecular flexibility index (Phi) is 9.69. The minimum atomic E-state index is -0.639. The fraction of sp³-hybridized carbons (Fsp3) is 0.267. The molecule has 0 fully saturated rings. The highest BCUT2D eigenvalue weighted by atomic mass is 16.5. The zero-order valence-electron chi connectivity index (χ0n) is 22.4. The van der Waals surface area contributed by atoms with Gasteiger partial charge < -0.3 is 20.3 Å². The predicted octanol–water partition coefficient (Wildman–Crippen LogP) is 3.42. The Balaban J connectivity index is 1.85. The van der Waals surface area contributed by atoms with Gasteiger partial charge in [0.05, 0.1) is 20.3 Å². The molecule has 3 aromatic carbocycles. The molecule has 0 spiro atoms. The Bertz CT molecular complexity index is 1430. The molecule has 4 aromatic rings. The van der Waals surface area contributed by atoms with Crippen LogP contribution in [0.25, 0.3) is 10.9 Å². The second-order valence-electron chi connectivity index (χ2n) is 9.27. The van der Waals surface area contributed by atoms with Gasteiger partial charge in [-0.2, -0.15) is 5.10 Å². The molecule has 0 bridgehead atoms. The molecule has 0 aliphatic rings. The van der Waals surface area contributed by atoms with E-state index in [0.29, 0.717) is 48.9 Å². The molecule has 0 aliphatic heterocycles. The average Bonchev–Trinajstić information content (AvgIpc) is 2.97. The van der Waals surface area contributed by atoms with Gasteiger partial charge >= 0.3 is 0 Å². The number of methoxy groups -OCH3 is 2. The van der Waals surface area contributed by atoms with E-state index < -0.39 is 6.04 Å². The molecule has 0 saturated carbocycles. The minimum absolute atomic E-state index is 0.239. The van der Waals surface area contributed by atoms with E-state index in [-0.39, 0.29) is 5.56 Å². The lowest BCUT2D eigenvalue weighted by atomic mass is 10.0. The number of hydrazone groups is 1. The molecule has 0 aliphatic carbocycles. The van der Waals surface area contributed by atoms with Crippen LogP contribution in [0.2, 0.25) is 0 Å². The summed E-state index contributed by atoms with van der Waals surface area (Å²) in [6.45, 7) is 1.89. The van der Waals surface area contributed by atoms with Crippen molar-refractivity contribution >= 4 is 16.7 Å². The zero-order valence-corrected chi connectivity index (χ0v) is 22.4. The third kappa shape index (κ3) is 7.02. The molecular weight excluding hydrogens is 492 g/mol. The van der Waals surface area contributed by atoms with Crippen molar-refractivity contribution < 1.29 is 9.47 Å². The number of nitrogens with zero attached hydrogens (tertiary/aromatic N) is 3. The summed E-state index contributed by atoms with van der Waals surface area (Å²) >= 11 is 0. The minimum Gasteiger partial charge on any atom is -0.497 e. The van der Waals surface area contributed by atoms with E-state index in [9.17, 15) is 4.79 Å². The smallest absolute Gasteiger partial charge is 0.253 e. The van der Waals surface area contributed by atoms with Crippen LogP contribution in [0.1, 0.15) is 22.7 Å². The number of hydrazine groups is 1. The number of rotatable bonds is 12. The van der Waals surface area contributed by atoms with Gasteiger partial charge in [0.1, 0.15) is 11.8 Å². The number of pyridine rings is 1. The van der Waals surface area contributed by atoms with Gasteiger partial charge in [-0.05, 0) is 41.8 Å². The number of hydrogen-bond donors (Lipinski definition) is 3. The fourth-order valence-electron chi connectivity index (χ4n) is 4.67. The van der Waals surface area contributed by atoms with Crippen LogP contribution in [0.3, 0.4) is 0 Å². The maximum Gasteiger partial charge on any atom is 0.253 e. The maximum absolute atomic E-state index is 13.6. The lowest BCUT2D eigenvalue weighted by molar-refractivity contribution is 0.167. The number of hydrogen-bond acceptors (Lipinski definition) is 7. The molecule has 39 heavy (non-hydrogen) atoms. The highest BCUT2D eigenvalue weighted by Crippen LogP contribution is 2.27. The van der Waals surface area contributed by atoms with Gasteiger partial charge in [0.15, 0.2) is 5.84 Å². The summed E-state index contributed by atoms with van der Waals surface area (Å²) in [6.07, 6.45) is 0.754. The third-order valence-corrected chi connectivity index (χ3v) is 6.71. The van der Waals surface area contributed by atoms with Crippen LogP contribution in [0, 0.1) is 0 Å². The number of nitrogens with two attached hydrogens (primary N) is 2. The van der Waals surface area contributed by atoms with E-state index in [2.05, 4.69) is 39.3 Å². The van der Waals surface area contributed by atoms with Gasteiger partial charge in [0.2, 0.25) is 0 Å². The first-order valence-corrected chi connectivity index (χ1v) is 12.9. The number of benzene rings is 3. The topological polar surface area (TPSA) is 122 Å². The fourth-order valence-corrected chi connectivity index (χ4v) is 4.67. The second kappa shape index (κ2) is 13.6. The molecule has 0 radical (unpaired) electrons.